The Hall–Kier alpha value is -1.13. The minimum atomic E-state index is -0.378. The summed E-state index contributed by atoms with van der Waals surface area (Å²) in [6, 6.07) is 5.88. The lowest BCUT2D eigenvalue weighted by atomic mass is 10.1. The molecule has 0 atom stereocenters. The van der Waals surface area contributed by atoms with E-state index in [2.05, 4.69) is 4.98 Å². The van der Waals surface area contributed by atoms with E-state index in [0.717, 1.165) is 21.0 Å². The molecule has 0 aliphatic heterocycles. The number of nitrogens with two attached hydrogens (primary N) is 1. The maximum absolute atomic E-state index is 6.01. The van der Waals surface area contributed by atoms with Crippen LogP contribution in [0.3, 0.4) is 0 Å². The van der Waals surface area contributed by atoms with Gasteiger partial charge in [-0.25, -0.2) is 4.98 Å². The predicted molar refractivity (Wildman–Crippen MR) is 63.4 cm³/mol. The third-order valence-corrected chi connectivity index (χ3v) is 3.52. The summed E-state index contributed by atoms with van der Waals surface area (Å²) in [5.74, 6) is 0.828. The highest BCUT2D eigenvalue weighted by Crippen LogP contribution is 2.30. The molecule has 0 fully saturated rings. The van der Waals surface area contributed by atoms with Gasteiger partial charge in [0.15, 0.2) is 0 Å². The van der Waals surface area contributed by atoms with Gasteiger partial charge in [0.1, 0.15) is 10.8 Å². The first kappa shape index (κ1) is 10.4. The van der Waals surface area contributed by atoms with Crippen molar-refractivity contribution in [1.29, 1.82) is 0 Å². The molecule has 2 N–H and O–H groups in total. The summed E-state index contributed by atoms with van der Waals surface area (Å²) in [7, 11) is 1.65. The fraction of sp³-hybridized carbons (Fsp3) is 0.364. The molecule has 4 heteroatoms. The van der Waals surface area contributed by atoms with Gasteiger partial charge in [-0.3, -0.25) is 0 Å². The highest BCUT2D eigenvalue weighted by atomic mass is 32.1. The number of hydrogen-bond donors (Lipinski definition) is 1. The van der Waals surface area contributed by atoms with E-state index in [1.807, 2.05) is 32.0 Å². The minimum absolute atomic E-state index is 0.378. The molecule has 1 aromatic heterocycles. The molecule has 0 radical (unpaired) electrons. The van der Waals surface area contributed by atoms with Crippen LogP contribution in [0, 0.1) is 0 Å². The number of methoxy groups -OCH3 is 1. The predicted octanol–water partition coefficient (Wildman–Crippen LogP) is 2.50. The Morgan fingerprint density at radius 2 is 2.13 bits per heavy atom. The molecule has 2 rings (SSSR count). The van der Waals surface area contributed by atoms with E-state index in [1.54, 1.807) is 18.4 Å². The number of thiazole rings is 1. The quantitative estimate of drug-likeness (QED) is 0.849. The van der Waals surface area contributed by atoms with Gasteiger partial charge in [0.05, 0.1) is 22.9 Å². The number of nitrogens with zero attached hydrogens (tertiary/aromatic N) is 1. The molecule has 0 spiro atoms. The zero-order valence-electron chi connectivity index (χ0n) is 9.07. The van der Waals surface area contributed by atoms with Crippen LogP contribution in [0.25, 0.3) is 10.2 Å². The lowest BCUT2D eigenvalue weighted by Gasteiger charge is -2.13. The van der Waals surface area contributed by atoms with Crippen LogP contribution in [0.4, 0.5) is 0 Å². The van der Waals surface area contributed by atoms with Crippen LogP contribution >= 0.6 is 11.3 Å². The number of rotatable bonds is 2. The van der Waals surface area contributed by atoms with E-state index >= 15 is 0 Å². The van der Waals surface area contributed by atoms with Crippen LogP contribution in [-0.2, 0) is 5.54 Å². The first-order valence-corrected chi connectivity index (χ1v) is 5.56. The van der Waals surface area contributed by atoms with E-state index in [-0.39, 0.29) is 5.54 Å². The number of fused-ring (bicyclic) bond motifs is 1. The maximum Gasteiger partial charge on any atom is 0.121 e. The van der Waals surface area contributed by atoms with Crippen molar-refractivity contribution in [3.63, 3.8) is 0 Å². The topological polar surface area (TPSA) is 48.1 Å². The molecule has 0 amide bonds. The van der Waals surface area contributed by atoms with E-state index in [0.29, 0.717) is 0 Å². The lowest BCUT2D eigenvalue weighted by molar-refractivity contribution is 0.415. The molecule has 1 heterocycles. The summed E-state index contributed by atoms with van der Waals surface area (Å²) in [4.78, 5) is 4.51. The summed E-state index contributed by atoms with van der Waals surface area (Å²) in [5.41, 5.74) is 6.58. The van der Waals surface area contributed by atoms with Crippen molar-refractivity contribution in [3.05, 3.63) is 23.2 Å². The fourth-order valence-corrected chi connectivity index (χ4v) is 2.27. The second-order valence-corrected chi connectivity index (χ2v) is 5.11. The summed E-state index contributed by atoms with van der Waals surface area (Å²) in [5, 5.41) is 0.950. The van der Waals surface area contributed by atoms with Gasteiger partial charge in [-0.2, -0.15) is 0 Å². The highest BCUT2D eigenvalue weighted by Gasteiger charge is 2.19. The van der Waals surface area contributed by atoms with Crippen LogP contribution in [0.2, 0.25) is 0 Å². The average molecular weight is 222 g/mol. The zero-order chi connectivity index (χ0) is 11.1. The standard InChI is InChI=1S/C11H14N2OS/c1-11(2,12)10-13-8-6-7(14-3)4-5-9(8)15-10/h4-6H,12H2,1-3H3. The van der Waals surface area contributed by atoms with E-state index in [4.69, 9.17) is 10.5 Å². The molecule has 15 heavy (non-hydrogen) atoms. The Morgan fingerprint density at radius 3 is 2.73 bits per heavy atom. The van der Waals surface area contributed by atoms with Gasteiger partial charge in [-0.15, -0.1) is 11.3 Å². The van der Waals surface area contributed by atoms with E-state index in [1.165, 1.54) is 0 Å². The van der Waals surface area contributed by atoms with Gasteiger partial charge in [-0.05, 0) is 26.0 Å². The number of benzene rings is 1. The Balaban J connectivity index is 2.56. The van der Waals surface area contributed by atoms with Crippen molar-refractivity contribution >= 4 is 21.6 Å². The van der Waals surface area contributed by atoms with Crippen LogP contribution in [0.1, 0.15) is 18.9 Å². The first-order chi connectivity index (χ1) is 7.00. The lowest BCUT2D eigenvalue weighted by Crippen LogP contribution is -2.28. The van der Waals surface area contributed by atoms with Crippen LogP contribution < -0.4 is 10.5 Å². The Kier molecular flexibility index (Phi) is 2.40. The van der Waals surface area contributed by atoms with Crippen LogP contribution in [0.15, 0.2) is 18.2 Å². The van der Waals surface area contributed by atoms with Gasteiger partial charge in [0.25, 0.3) is 0 Å². The summed E-state index contributed by atoms with van der Waals surface area (Å²) < 4.78 is 6.29. The molecule has 0 unspecified atom stereocenters. The third-order valence-electron chi connectivity index (χ3n) is 2.15. The molecule has 3 nitrogen and oxygen atoms in total. The zero-order valence-corrected chi connectivity index (χ0v) is 9.89. The molecule has 0 bridgehead atoms. The highest BCUT2D eigenvalue weighted by molar-refractivity contribution is 7.18. The van der Waals surface area contributed by atoms with Crippen molar-refractivity contribution in [2.45, 2.75) is 19.4 Å². The third kappa shape index (κ3) is 1.96. The molecule has 2 aromatic rings. The van der Waals surface area contributed by atoms with E-state index < -0.39 is 0 Å². The first-order valence-electron chi connectivity index (χ1n) is 4.74. The van der Waals surface area contributed by atoms with Gasteiger partial charge in [-0.1, -0.05) is 0 Å². The molecule has 80 valence electrons. The molecule has 0 aliphatic rings. The van der Waals surface area contributed by atoms with Crippen LogP contribution in [-0.4, -0.2) is 12.1 Å². The van der Waals surface area contributed by atoms with Gasteiger partial charge in [0, 0.05) is 6.07 Å². The molecule has 0 aliphatic carbocycles. The monoisotopic (exact) mass is 222 g/mol. The van der Waals surface area contributed by atoms with Crippen molar-refractivity contribution in [3.8, 4) is 5.75 Å². The van der Waals surface area contributed by atoms with Crippen molar-refractivity contribution < 1.29 is 4.74 Å². The molecular formula is C11H14N2OS. The fourth-order valence-electron chi connectivity index (χ4n) is 1.31. The second-order valence-electron chi connectivity index (χ2n) is 4.07. The van der Waals surface area contributed by atoms with Gasteiger partial charge >= 0.3 is 0 Å². The van der Waals surface area contributed by atoms with Gasteiger partial charge in [0.2, 0.25) is 0 Å². The summed E-state index contributed by atoms with van der Waals surface area (Å²) in [6.45, 7) is 3.92. The molecule has 0 saturated heterocycles. The number of hydrogen-bond acceptors (Lipinski definition) is 4. The Bertz CT molecular complexity index is 485. The maximum atomic E-state index is 6.01. The van der Waals surface area contributed by atoms with Crippen LogP contribution in [0.5, 0.6) is 5.75 Å². The second kappa shape index (κ2) is 3.47. The van der Waals surface area contributed by atoms with Gasteiger partial charge < -0.3 is 10.5 Å². The molecule has 0 saturated carbocycles. The van der Waals surface area contributed by atoms with Crippen molar-refractivity contribution in [2.24, 2.45) is 5.73 Å². The largest absolute Gasteiger partial charge is 0.497 e. The Labute approximate surface area is 92.9 Å². The number of aromatic nitrogens is 1. The van der Waals surface area contributed by atoms with Crippen molar-refractivity contribution in [1.82, 2.24) is 4.98 Å². The smallest absolute Gasteiger partial charge is 0.121 e. The SMILES string of the molecule is COc1ccc2sc(C(C)(C)N)nc2c1. The summed E-state index contributed by atoms with van der Waals surface area (Å²) >= 11 is 1.63. The van der Waals surface area contributed by atoms with E-state index in [9.17, 15) is 0 Å². The normalized spacial score (nSPS) is 12.0. The molecule has 1 aromatic carbocycles. The number of ether oxygens (including phenoxy) is 1. The van der Waals surface area contributed by atoms with Crippen molar-refractivity contribution in [2.75, 3.05) is 7.11 Å². The molecular weight excluding hydrogens is 208 g/mol. The minimum Gasteiger partial charge on any atom is -0.497 e. The Morgan fingerprint density at radius 1 is 1.40 bits per heavy atom. The average Bonchev–Trinajstić information content (AvgIpc) is 2.59. The summed E-state index contributed by atoms with van der Waals surface area (Å²) in [6.07, 6.45) is 0.